The topological polar surface area (TPSA) is 140 Å². The molecule has 2 aromatic carbocycles. The van der Waals surface area contributed by atoms with Crippen LogP contribution < -0.4 is 5.43 Å². The summed E-state index contributed by atoms with van der Waals surface area (Å²) in [6.07, 6.45) is 4.80. The molecule has 0 radical (unpaired) electrons. The minimum atomic E-state index is -3.64. The van der Waals surface area contributed by atoms with E-state index in [1.165, 1.54) is 34.4 Å². The van der Waals surface area contributed by atoms with Gasteiger partial charge < -0.3 is 4.57 Å². The highest BCUT2D eigenvalue weighted by Crippen LogP contribution is 2.32. The number of hydrazone groups is 1. The van der Waals surface area contributed by atoms with Gasteiger partial charge in [-0.1, -0.05) is 24.3 Å². The molecule has 6 rings (SSSR count). The first-order valence-electron chi connectivity index (χ1n) is 12.6. The van der Waals surface area contributed by atoms with E-state index in [0.717, 1.165) is 28.8 Å². The lowest BCUT2D eigenvalue weighted by molar-refractivity contribution is 0.0955. The van der Waals surface area contributed by atoms with Gasteiger partial charge in [0.1, 0.15) is 11.4 Å². The van der Waals surface area contributed by atoms with Crippen molar-refractivity contribution < 1.29 is 13.2 Å². The first-order valence-corrected chi connectivity index (χ1v) is 14.8. The summed E-state index contributed by atoms with van der Waals surface area (Å²) in [7, 11) is -1.78. The zero-order chi connectivity index (χ0) is 27.9. The van der Waals surface area contributed by atoms with E-state index in [4.69, 9.17) is 4.98 Å². The highest BCUT2D eigenvalue weighted by atomic mass is 32.2. The zero-order valence-electron chi connectivity index (χ0n) is 21.7. The maximum Gasteiger partial charge on any atom is 0.271 e. The van der Waals surface area contributed by atoms with Crippen LogP contribution in [0.15, 0.2) is 75.0 Å². The smallest absolute Gasteiger partial charge is 0.271 e. The lowest BCUT2D eigenvalue weighted by Crippen LogP contribution is -2.28. The van der Waals surface area contributed by atoms with Crippen LogP contribution >= 0.6 is 11.8 Å². The molecular weight excluding hydrogens is 550 g/mol. The lowest BCUT2D eigenvalue weighted by atomic mass is 10.2. The molecule has 1 N–H and O–H groups in total. The monoisotopic (exact) mass is 575 g/mol. The van der Waals surface area contributed by atoms with Crippen molar-refractivity contribution in [3.63, 3.8) is 0 Å². The molecule has 3 aromatic heterocycles. The molecule has 0 unspecified atom stereocenters. The summed E-state index contributed by atoms with van der Waals surface area (Å²) >= 11 is 1.39. The largest absolute Gasteiger partial charge is 0.311 e. The number of carbonyl (C=O) groups is 1. The van der Waals surface area contributed by atoms with Crippen molar-refractivity contribution in [2.24, 2.45) is 12.1 Å². The number of sulfonamides is 1. The zero-order valence-corrected chi connectivity index (χ0v) is 23.4. The summed E-state index contributed by atoms with van der Waals surface area (Å²) in [5, 5.41) is 19.3. The van der Waals surface area contributed by atoms with Crippen molar-refractivity contribution in [3.8, 4) is 0 Å². The molecule has 1 amide bonds. The van der Waals surface area contributed by atoms with E-state index < -0.39 is 15.9 Å². The average Bonchev–Trinajstić information content (AvgIpc) is 3.71. The highest BCUT2D eigenvalue weighted by molar-refractivity contribution is 7.99. The number of amides is 1. The van der Waals surface area contributed by atoms with Gasteiger partial charge in [-0.3, -0.25) is 4.79 Å². The fourth-order valence-electron chi connectivity index (χ4n) is 4.57. The number of fused-ring (bicyclic) bond motifs is 3. The minimum absolute atomic E-state index is 0.0912. The summed E-state index contributed by atoms with van der Waals surface area (Å²) in [5.74, 6) is -0.527. The van der Waals surface area contributed by atoms with E-state index in [1.807, 2.05) is 42.8 Å². The number of aromatic nitrogens is 6. The molecule has 1 saturated heterocycles. The molecular formula is C26H25N9O3S2. The fourth-order valence-corrected chi connectivity index (χ4v) is 7.00. The van der Waals surface area contributed by atoms with Crippen LogP contribution in [0.25, 0.3) is 16.6 Å². The number of aryl methyl sites for hydroxylation is 2. The molecule has 0 atom stereocenters. The Hall–Kier alpha value is -4.14. The van der Waals surface area contributed by atoms with Crippen LogP contribution in [-0.4, -0.2) is 67.3 Å². The van der Waals surface area contributed by atoms with E-state index in [2.05, 4.69) is 25.8 Å². The van der Waals surface area contributed by atoms with E-state index >= 15 is 0 Å². The summed E-state index contributed by atoms with van der Waals surface area (Å²) in [4.78, 5) is 17.8. The second kappa shape index (κ2) is 10.4. The molecule has 12 nitrogen and oxygen atoms in total. The third-order valence-corrected chi connectivity index (χ3v) is 9.62. The SMILES string of the molecule is Cc1nn2c(nc(Sc3nncn3C)c3ccccc32)c1C=NNC(=O)c1cccc(S(=O)(=O)N2CCCC2)c1. The summed E-state index contributed by atoms with van der Waals surface area (Å²) in [5.41, 5.74) is 5.44. The van der Waals surface area contributed by atoms with Gasteiger partial charge in [0.15, 0.2) is 10.8 Å². The molecule has 1 fully saturated rings. The van der Waals surface area contributed by atoms with E-state index in [9.17, 15) is 13.2 Å². The second-order valence-corrected chi connectivity index (χ2v) is 12.2. The van der Waals surface area contributed by atoms with Gasteiger partial charge in [-0.05, 0) is 55.8 Å². The maximum absolute atomic E-state index is 12.9. The molecule has 40 heavy (non-hydrogen) atoms. The van der Waals surface area contributed by atoms with Gasteiger partial charge >= 0.3 is 0 Å². The van der Waals surface area contributed by atoms with Crippen LogP contribution in [0.2, 0.25) is 0 Å². The summed E-state index contributed by atoms with van der Waals surface area (Å²) in [6.45, 7) is 2.82. The molecule has 4 heterocycles. The van der Waals surface area contributed by atoms with Gasteiger partial charge in [-0.2, -0.15) is 14.5 Å². The predicted molar refractivity (Wildman–Crippen MR) is 150 cm³/mol. The molecule has 0 bridgehead atoms. The number of nitrogens with one attached hydrogen (secondary N) is 1. The minimum Gasteiger partial charge on any atom is -0.311 e. The van der Waals surface area contributed by atoms with Gasteiger partial charge in [0.05, 0.1) is 27.9 Å². The fraction of sp³-hybridized carbons (Fsp3) is 0.231. The van der Waals surface area contributed by atoms with Crippen LogP contribution in [0, 0.1) is 6.92 Å². The van der Waals surface area contributed by atoms with Crippen molar-refractivity contribution in [3.05, 3.63) is 71.7 Å². The second-order valence-electron chi connectivity index (χ2n) is 9.33. The van der Waals surface area contributed by atoms with Crippen molar-refractivity contribution >= 4 is 50.5 Å². The van der Waals surface area contributed by atoms with E-state index in [1.54, 1.807) is 23.0 Å². The number of rotatable bonds is 7. The number of carbonyl (C=O) groups excluding carboxylic acids is 1. The van der Waals surface area contributed by atoms with Crippen molar-refractivity contribution in [2.75, 3.05) is 13.1 Å². The number of hydrogen-bond acceptors (Lipinski definition) is 9. The Bertz CT molecular complexity index is 1890. The van der Waals surface area contributed by atoms with Crippen molar-refractivity contribution in [1.29, 1.82) is 0 Å². The van der Waals surface area contributed by atoms with Crippen LogP contribution in [0.4, 0.5) is 0 Å². The number of benzene rings is 2. The third-order valence-electron chi connectivity index (χ3n) is 6.67. The predicted octanol–water partition coefficient (Wildman–Crippen LogP) is 3.02. The number of nitrogens with zero attached hydrogens (tertiary/aromatic N) is 8. The number of hydrogen-bond donors (Lipinski definition) is 1. The first-order chi connectivity index (χ1) is 19.3. The number of para-hydroxylation sites is 1. The van der Waals surface area contributed by atoms with Crippen LogP contribution in [0.5, 0.6) is 0 Å². The van der Waals surface area contributed by atoms with E-state index in [0.29, 0.717) is 35.2 Å². The summed E-state index contributed by atoms with van der Waals surface area (Å²) in [6, 6.07) is 13.8. The van der Waals surface area contributed by atoms with Crippen LogP contribution in [-0.2, 0) is 17.1 Å². The highest BCUT2D eigenvalue weighted by Gasteiger charge is 2.27. The van der Waals surface area contributed by atoms with Gasteiger partial charge in [-0.25, -0.2) is 23.3 Å². The molecule has 5 aromatic rings. The molecule has 0 aliphatic carbocycles. The van der Waals surface area contributed by atoms with Gasteiger partial charge in [0.2, 0.25) is 10.0 Å². The Kier molecular flexibility index (Phi) is 6.82. The quantitative estimate of drug-likeness (QED) is 0.177. The lowest BCUT2D eigenvalue weighted by Gasteiger charge is -2.15. The van der Waals surface area contributed by atoms with Gasteiger partial charge in [0, 0.05) is 31.1 Å². The van der Waals surface area contributed by atoms with Crippen LogP contribution in [0.3, 0.4) is 0 Å². The van der Waals surface area contributed by atoms with Gasteiger partial charge in [-0.15, -0.1) is 10.2 Å². The van der Waals surface area contributed by atoms with Crippen molar-refractivity contribution in [2.45, 2.75) is 34.8 Å². The summed E-state index contributed by atoms with van der Waals surface area (Å²) < 4.78 is 30.9. The normalized spacial score (nSPS) is 14.6. The van der Waals surface area contributed by atoms with Gasteiger partial charge in [0.25, 0.3) is 5.91 Å². The first kappa shape index (κ1) is 26.1. The Morgan fingerprint density at radius 2 is 1.93 bits per heavy atom. The molecule has 1 aliphatic heterocycles. The van der Waals surface area contributed by atoms with E-state index in [-0.39, 0.29) is 10.5 Å². The molecule has 204 valence electrons. The van der Waals surface area contributed by atoms with Crippen LogP contribution in [0.1, 0.15) is 34.5 Å². The molecule has 0 spiro atoms. The maximum atomic E-state index is 12.9. The molecule has 1 aliphatic rings. The van der Waals surface area contributed by atoms with Crippen molar-refractivity contribution in [1.82, 2.24) is 39.1 Å². The standard InChI is InChI=1S/C26H25N9O3S2/c1-17-21(15-27-30-24(36)18-8-7-9-19(14-18)40(37,38)34-12-5-6-13-34)23-29-25(39-26-31-28-16-33(26)2)20-10-3-4-11-22(20)35(23)32-17/h3-4,7-11,14-16H,5-6,12-13H2,1-2H3,(H,30,36). The Morgan fingerprint density at radius 1 is 1.12 bits per heavy atom. The Balaban J connectivity index is 1.29. The molecule has 14 heteroatoms. The molecule has 0 saturated carbocycles. The third kappa shape index (κ3) is 4.74. The Labute approximate surface area is 234 Å². The Morgan fingerprint density at radius 3 is 2.70 bits per heavy atom. The average molecular weight is 576 g/mol.